The Morgan fingerprint density at radius 3 is 2.44 bits per heavy atom. The van der Waals surface area contributed by atoms with Crippen molar-refractivity contribution in [3.8, 4) is 0 Å². The Morgan fingerprint density at radius 1 is 1.38 bits per heavy atom. The van der Waals surface area contributed by atoms with Crippen molar-refractivity contribution in [3.63, 3.8) is 0 Å². The Morgan fingerprint density at radius 2 is 1.94 bits per heavy atom. The molecule has 0 aromatic carbocycles. The Bertz CT molecular complexity index is 274. The molecule has 0 saturated carbocycles. The fraction of sp³-hybridized carbons (Fsp3) is 0.800. The predicted molar refractivity (Wildman–Crippen MR) is 65.6 cm³/mol. The van der Waals surface area contributed by atoms with Gasteiger partial charge in [-0.1, -0.05) is 0 Å². The van der Waals surface area contributed by atoms with Crippen molar-refractivity contribution in [1.82, 2.24) is 0 Å². The summed E-state index contributed by atoms with van der Waals surface area (Å²) in [5.41, 5.74) is 0. The lowest BCUT2D eigenvalue weighted by Gasteiger charge is -2.27. The van der Waals surface area contributed by atoms with Gasteiger partial charge in [0.05, 0.1) is 16.6 Å². The smallest absolute Gasteiger partial charge is 0.434 e. The Hall–Kier alpha value is -0.360. The molecule has 0 aromatic rings. The van der Waals surface area contributed by atoms with Gasteiger partial charge in [0.15, 0.2) is 0 Å². The molecule has 1 aliphatic rings. The topological polar surface area (TPSA) is 52.6 Å². The van der Waals surface area contributed by atoms with Gasteiger partial charge in [0.2, 0.25) is 0 Å². The van der Waals surface area contributed by atoms with E-state index in [0.29, 0.717) is 0 Å². The van der Waals surface area contributed by atoms with E-state index in [2.05, 4.69) is 9.47 Å². The van der Waals surface area contributed by atoms with Gasteiger partial charge in [0.1, 0.15) is 0 Å². The summed E-state index contributed by atoms with van der Waals surface area (Å²) in [5.74, 6) is 1.22. The molecule has 1 atom stereocenters. The molecule has 0 bridgehead atoms. The van der Waals surface area contributed by atoms with Gasteiger partial charge in [-0.15, -0.1) is 23.5 Å². The van der Waals surface area contributed by atoms with Gasteiger partial charge in [-0.25, -0.2) is 4.79 Å². The summed E-state index contributed by atoms with van der Waals surface area (Å²) in [7, 11) is 0. The van der Waals surface area contributed by atoms with E-state index in [1.807, 2.05) is 6.92 Å². The number of esters is 1. The lowest BCUT2D eigenvalue weighted by atomic mass is 10.1. The highest BCUT2D eigenvalue weighted by Crippen LogP contribution is 2.48. The summed E-state index contributed by atoms with van der Waals surface area (Å²) in [4.78, 5) is 22.7. The van der Waals surface area contributed by atoms with Crippen molar-refractivity contribution in [1.29, 1.82) is 0 Å². The molecule has 1 saturated heterocycles. The molecule has 4 nitrogen and oxygen atoms in total. The van der Waals surface area contributed by atoms with Crippen molar-refractivity contribution in [2.45, 2.75) is 24.9 Å². The third-order valence-corrected chi connectivity index (χ3v) is 6.08. The minimum absolute atomic E-state index is 0.191. The fourth-order valence-electron chi connectivity index (χ4n) is 1.31. The molecule has 0 N–H and O–H groups in total. The number of thioether (sulfide) groups is 2. The summed E-state index contributed by atoms with van der Waals surface area (Å²) >= 11 is 3.46. The zero-order valence-electron chi connectivity index (χ0n) is 9.65. The average Bonchev–Trinajstić information content (AvgIpc) is 2.65. The number of hydrogen-bond donors (Lipinski definition) is 0. The van der Waals surface area contributed by atoms with Crippen LogP contribution >= 0.6 is 23.5 Å². The van der Waals surface area contributed by atoms with Gasteiger partial charge in [-0.2, -0.15) is 0 Å². The van der Waals surface area contributed by atoms with Crippen LogP contribution in [0.1, 0.15) is 20.8 Å². The van der Waals surface area contributed by atoms with Crippen LogP contribution in [0.25, 0.3) is 0 Å². The van der Waals surface area contributed by atoms with Crippen LogP contribution in [0.5, 0.6) is 0 Å². The molecule has 1 rings (SSSR count). The van der Waals surface area contributed by atoms with E-state index in [4.69, 9.17) is 0 Å². The first-order chi connectivity index (χ1) is 7.49. The van der Waals surface area contributed by atoms with Crippen molar-refractivity contribution in [3.05, 3.63) is 0 Å². The monoisotopic (exact) mass is 264 g/mol. The van der Waals surface area contributed by atoms with Gasteiger partial charge in [0, 0.05) is 11.5 Å². The first-order valence-electron chi connectivity index (χ1n) is 5.16. The van der Waals surface area contributed by atoms with Crippen molar-refractivity contribution < 1.29 is 19.1 Å². The van der Waals surface area contributed by atoms with Gasteiger partial charge in [-0.3, -0.25) is 4.79 Å². The molecule has 1 fully saturated rings. The lowest BCUT2D eigenvalue weighted by molar-refractivity contribution is -0.144. The molecule has 16 heavy (non-hydrogen) atoms. The summed E-state index contributed by atoms with van der Waals surface area (Å²) in [6.45, 7) is 5.67. The van der Waals surface area contributed by atoms with Crippen LogP contribution in [-0.2, 0) is 14.3 Å². The molecule has 1 heterocycles. The summed E-state index contributed by atoms with van der Waals surface area (Å²) in [6.07, 6.45) is -0.907. The minimum Gasteiger partial charge on any atom is -0.434 e. The highest BCUT2D eigenvalue weighted by molar-refractivity contribution is 8.21. The zero-order valence-corrected chi connectivity index (χ0v) is 11.3. The molecule has 6 heteroatoms. The highest BCUT2D eigenvalue weighted by Gasteiger charge is 2.41. The van der Waals surface area contributed by atoms with Crippen LogP contribution in [0.2, 0.25) is 0 Å². The fourth-order valence-corrected chi connectivity index (χ4v) is 4.32. The van der Waals surface area contributed by atoms with E-state index in [1.165, 1.54) is 0 Å². The first kappa shape index (κ1) is 13.7. The van der Waals surface area contributed by atoms with Gasteiger partial charge in [0.25, 0.3) is 0 Å². The molecular formula is C10H16O4S2. The first-order valence-corrected chi connectivity index (χ1v) is 7.13. The normalized spacial score (nSPS) is 20.2. The summed E-state index contributed by atoms with van der Waals surface area (Å²) < 4.78 is 8.98. The van der Waals surface area contributed by atoms with Crippen molar-refractivity contribution in [2.75, 3.05) is 18.1 Å². The molecule has 0 aromatic heterocycles. The number of rotatable bonds is 3. The third kappa shape index (κ3) is 3.31. The lowest BCUT2D eigenvalue weighted by Crippen LogP contribution is -2.32. The number of hydrogen-bond acceptors (Lipinski definition) is 6. The second-order valence-corrected chi connectivity index (χ2v) is 6.89. The molecular weight excluding hydrogens is 248 g/mol. The van der Waals surface area contributed by atoms with E-state index >= 15 is 0 Å². The maximum atomic E-state index is 11.7. The second kappa shape index (κ2) is 5.82. The SMILES string of the molecule is CCOC(=O)OC(=O)C(C)C1(C)SCCS1. The maximum Gasteiger partial charge on any atom is 0.516 e. The maximum absolute atomic E-state index is 11.7. The number of ether oxygens (including phenoxy) is 2. The molecule has 0 aliphatic carbocycles. The summed E-state index contributed by atoms with van der Waals surface area (Å²) in [5, 5.41) is 0. The van der Waals surface area contributed by atoms with E-state index < -0.39 is 12.1 Å². The molecule has 0 amide bonds. The second-order valence-electron chi connectivity index (χ2n) is 3.54. The van der Waals surface area contributed by atoms with Crippen LogP contribution in [0.15, 0.2) is 0 Å². The Balaban J connectivity index is 2.50. The number of carbonyl (C=O) groups excluding carboxylic acids is 2. The van der Waals surface area contributed by atoms with E-state index in [9.17, 15) is 9.59 Å². The van der Waals surface area contributed by atoms with Crippen LogP contribution in [0, 0.1) is 5.92 Å². The molecule has 1 aliphatic heterocycles. The van der Waals surface area contributed by atoms with E-state index in [-0.39, 0.29) is 16.6 Å². The molecule has 92 valence electrons. The largest absolute Gasteiger partial charge is 0.516 e. The van der Waals surface area contributed by atoms with Crippen LogP contribution < -0.4 is 0 Å². The van der Waals surface area contributed by atoms with Gasteiger partial charge in [-0.05, 0) is 20.8 Å². The molecule has 0 spiro atoms. The Kier molecular flexibility index (Phi) is 4.98. The highest BCUT2D eigenvalue weighted by atomic mass is 32.2. The third-order valence-electron chi connectivity index (χ3n) is 2.45. The van der Waals surface area contributed by atoms with Crippen molar-refractivity contribution in [2.24, 2.45) is 5.92 Å². The minimum atomic E-state index is -0.907. The summed E-state index contributed by atoms with van der Waals surface area (Å²) in [6, 6.07) is 0. The van der Waals surface area contributed by atoms with Crippen LogP contribution in [0.3, 0.4) is 0 Å². The molecule has 0 radical (unpaired) electrons. The van der Waals surface area contributed by atoms with E-state index in [1.54, 1.807) is 37.4 Å². The standard InChI is InChI=1S/C10H16O4S2/c1-4-13-9(12)14-8(11)7(2)10(3)15-5-6-16-10/h7H,4-6H2,1-3H3. The Labute approximate surface area is 104 Å². The zero-order chi connectivity index (χ0) is 12.2. The number of carbonyl (C=O) groups is 2. The predicted octanol–water partition coefficient (Wildman–Crippen LogP) is 2.52. The average molecular weight is 264 g/mol. The van der Waals surface area contributed by atoms with Crippen molar-refractivity contribution >= 4 is 35.6 Å². The molecule has 1 unspecified atom stereocenters. The van der Waals surface area contributed by atoms with Crippen LogP contribution in [-0.4, -0.2) is 34.3 Å². The van der Waals surface area contributed by atoms with Crippen LogP contribution in [0.4, 0.5) is 4.79 Å². The van der Waals surface area contributed by atoms with Gasteiger partial charge >= 0.3 is 12.1 Å². The van der Waals surface area contributed by atoms with Gasteiger partial charge < -0.3 is 9.47 Å². The van der Waals surface area contributed by atoms with E-state index in [0.717, 1.165) is 11.5 Å². The quantitative estimate of drug-likeness (QED) is 0.576.